The van der Waals surface area contributed by atoms with Gasteiger partial charge in [0.1, 0.15) is 5.76 Å². The van der Waals surface area contributed by atoms with E-state index >= 15 is 0 Å². The molecule has 0 aromatic heterocycles. The van der Waals surface area contributed by atoms with Crippen molar-refractivity contribution in [1.29, 1.82) is 0 Å². The number of azo groups is 1. The third-order valence-corrected chi connectivity index (χ3v) is 3.58. The zero-order valence-electron chi connectivity index (χ0n) is 12.3. The van der Waals surface area contributed by atoms with Gasteiger partial charge >= 0.3 is 0 Å². The van der Waals surface area contributed by atoms with Gasteiger partial charge in [-0.3, -0.25) is 0 Å². The van der Waals surface area contributed by atoms with Gasteiger partial charge in [-0.05, 0) is 17.2 Å². The molecule has 0 spiro atoms. The van der Waals surface area contributed by atoms with Crippen molar-refractivity contribution in [1.82, 2.24) is 0 Å². The Labute approximate surface area is 130 Å². The highest BCUT2D eigenvalue weighted by Gasteiger charge is 2.22. The molecule has 22 heavy (non-hydrogen) atoms. The van der Waals surface area contributed by atoms with Crippen LogP contribution in [0.3, 0.4) is 0 Å². The lowest BCUT2D eigenvalue weighted by Gasteiger charge is -2.22. The molecule has 2 aromatic carbocycles. The summed E-state index contributed by atoms with van der Waals surface area (Å²) in [6.45, 7) is 5.29. The van der Waals surface area contributed by atoms with Gasteiger partial charge in [0.15, 0.2) is 6.79 Å². The van der Waals surface area contributed by atoms with E-state index in [1.807, 2.05) is 54.6 Å². The molecule has 0 saturated heterocycles. The maximum atomic E-state index is 5.64. The first kappa shape index (κ1) is 14.5. The Bertz CT molecular complexity index is 668. The van der Waals surface area contributed by atoms with E-state index in [0.717, 1.165) is 16.8 Å². The second kappa shape index (κ2) is 7.00. The van der Waals surface area contributed by atoms with Crippen LogP contribution in [0.5, 0.6) is 0 Å². The number of benzene rings is 2. The summed E-state index contributed by atoms with van der Waals surface area (Å²) in [6.07, 6.45) is 0. The molecule has 0 amide bonds. The predicted molar refractivity (Wildman–Crippen MR) is 84.9 cm³/mol. The highest BCUT2D eigenvalue weighted by molar-refractivity contribution is 5.50. The molecule has 1 aliphatic rings. The van der Waals surface area contributed by atoms with E-state index in [4.69, 9.17) is 9.47 Å². The van der Waals surface area contributed by atoms with E-state index in [1.54, 1.807) is 0 Å². The Morgan fingerprint density at radius 1 is 1.09 bits per heavy atom. The van der Waals surface area contributed by atoms with Crippen LogP contribution >= 0.6 is 0 Å². The second-order valence-corrected chi connectivity index (χ2v) is 5.10. The van der Waals surface area contributed by atoms with Gasteiger partial charge in [0.2, 0.25) is 0 Å². The molecular formula is C18H18N2O2. The van der Waals surface area contributed by atoms with Crippen molar-refractivity contribution in [3.05, 3.63) is 78.1 Å². The molecule has 4 nitrogen and oxygen atoms in total. The summed E-state index contributed by atoms with van der Waals surface area (Å²) in [5, 5.41) is 8.30. The van der Waals surface area contributed by atoms with Crippen molar-refractivity contribution < 1.29 is 9.47 Å². The van der Waals surface area contributed by atoms with Crippen LogP contribution in [0.15, 0.2) is 77.2 Å². The van der Waals surface area contributed by atoms with Crippen molar-refractivity contribution in [2.75, 3.05) is 13.3 Å². The molecule has 1 heterocycles. The normalized spacial score (nSPS) is 16.1. The minimum Gasteiger partial charge on any atom is -0.472 e. The maximum Gasteiger partial charge on any atom is 0.188 e. The van der Waals surface area contributed by atoms with Crippen LogP contribution in [0.1, 0.15) is 17.0 Å². The number of hydrogen-bond acceptors (Lipinski definition) is 4. The average molecular weight is 294 g/mol. The Morgan fingerprint density at radius 2 is 1.86 bits per heavy atom. The quantitative estimate of drug-likeness (QED) is 0.445. The molecule has 1 atom stereocenters. The third-order valence-electron chi connectivity index (χ3n) is 3.58. The molecular weight excluding hydrogens is 276 g/mol. The fraction of sp³-hybridized carbons (Fsp3) is 0.222. The van der Waals surface area contributed by atoms with Crippen molar-refractivity contribution in [3.8, 4) is 0 Å². The van der Waals surface area contributed by atoms with Crippen LogP contribution in [0.25, 0.3) is 0 Å². The molecule has 3 rings (SSSR count). The van der Waals surface area contributed by atoms with Crippen LogP contribution in [0.2, 0.25) is 0 Å². The van der Waals surface area contributed by atoms with Crippen molar-refractivity contribution >= 4 is 5.69 Å². The number of fused-ring (bicyclic) bond motifs is 1. The average Bonchev–Trinajstić information content (AvgIpc) is 2.59. The highest BCUT2D eigenvalue weighted by atomic mass is 16.7. The largest absolute Gasteiger partial charge is 0.472 e. The third kappa shape index (κ3) is 3.40. The summed E-state index contributed by atoms with van der Waals surface area (Å²) in [7, 11) is 0. The first-order chi connectivity index (χ1) is 10.8. The fourth-order valence-corrected chi connectivity index (χ4v) is 2.40. The molecule has 1 unspecified atom stereocenters. The van der Waals surface area contributed by atoms with Crippen molar-refractivity contribution in [2.45, 2.75) is 12.5 Å². The van der Waals surface area contributed by atoms with Crippen LogP contribution in [0, 0.1) is 0 Å². The maximum absolute atomic E-state index is 5.64. The molecule has 112 valence electrons. The summed E-state index contributed by atoms with van der Waals surface area (Å²) in [6, 6.07) is 17.9. The minimum atomic E-state index is 0.0361. The lowest BCUT2D eigenvalue weighted by atomic mass is 9.95. The van der Waals surface area contributed by atoms with Gasteiger partial charge in [-0.15, -0.1) is 0 Å². The van der Waals surface area contributed by atoms with E-state index in [0.29, 0.717) is 18.9 Å². The van der Waals surface area contributed by atoms with Crippen LogP contribution in [-0.2, 0) is 16.1 Å². The van der Waals surface area contributed by atoms with Gasteiger partial charge in [0, 0.05) is 0 Å². The second-order valence-electron chi connectivity index (χ2n) is 5.10. The van der Waals surface area contributed by atoms with Crippen LogP contribution in [-0.4, -0.2) is 13.3 Å². The lowest BCUT2D eigenvalue weighted by molar-refractivity contribution is -0.0358. The molecule has 0 bridgehead atoms. The molecule has 0 N–H and O–H groups in total. The van der Waals surface area contributed by atoms with E-state index < -0.39 is 0 Å². The molecule has 0 radical (unpaired) electrons. The number of ether oxygens (including phenoxy) is 2. The Hall–Kier alpha value is -2.46. The van der Waals surface area contributed by atoms with E-state index in [9.17, 15) is 0 Å². The Kier molecular flexibility index (Phi) is 4.61. The van der Waals surface area contributed by atoms with Gasteiger partial charge in [0.05, 0.1) is 24.8 Å². The summed E-state index contributed by atoms with van der Waals surface area (Å²) in [5.74, 6) is 0.702. The Balaban J connectivity index is 1.51. The fourth-order valence-electron chi connectivity index (χ4n) is 2.40. The van der Waals surface area contributed by atoms with Gasteiger partial charge in [-0.1, -0.05) is 55.1 Å². The minimum absolute atomic E-state index is 0.0361. The highest BCUT2D eigenvalue weighted by Crippen LogP contribution is 2.35. The number of rotatable bonds is 6. The monoisotopic (exact) mass is 294 g/mol. The smallest absolute Gasteiger partial charge is 0.188 e. The van der Waals surface area contributed by atoms with E-state index in [1.165, 1.54) is 0 Å². The van der Waals surface area contributed by atoms with E-state index in [2.05, 4.69) is 16.8 Å². The van der Waals surface area contributed by atoms with Crippen LogP contribution < -0.4 is 0 Å². The topological polar surface area (TPSA) is 43.2 Å². The summed E-state index contributed by atoms with van der Waals surface area (Å²) < 4.78 is 11.2. The zero-order chi connectivity index (χ0) is 15.2. The summed E-state index contributed by atoms with van der Waals surface area (Å²) in [4.78, 5) is 0. The van der Waals surface area contributed by atoms with Crippen LogP contribution in [0.4, 0.5) is 5.69 Å². The number of nitrogens with zero attached hydrogens (tertiary/aromatic N) is 2. The van der Waals surface area contributed by atoms with Crippen molar-refractivity contribution in [3.63, 3.8) is 0 Å². The first-order valence-electron chi connectivity index (χ1n) is 7.24. The van der Waals surface area contributed by atoms with Gasteiger partial charge < -0.3 is 9.47 Å². The number of hydrogen-bond donors (Lipinski definition) is 0. The molecule has 0 fully saturated rings. The molecule has 0 saturated carbocycles. The first-order valence-corrected chi connectivity index (χ1v) is 7.24. The SMILES string of the molecule is C=C(OCOCc1ccccc1)C1CN=Nc2ccccc21. The Morgan fingerprint density at radius 3 is 2.73 bits per heavy atom. The van der Waals surface area contributed by atoms with Crippen molar-refractivity contribution in [2.24, 2.45) is 10.2 Å². The standard InChI is InChI=1S/C18H18N2O2/c1-14(22-13-21-12-15-7-3-2-4-8-15)17-11-19-20-18-10-6-5-9-16(17)18/h2-10,17H,1,11-13H2. The van der Waals surface area contributed by atoms with Gasteiger partial charge in [-0.25, -0.2) is 0 Å². The molecule has 0 aliphatic carbocycles. The molecule has 2 aromatic rings. The predicted octanol–water partition coefficient (Wildman–Crippen LogP) is 4.57. The van der Waals surface area contributed by atoms with Gasteiger partial charge in [-0.2, -0.15) is 10.2 Å². The summed E-state index contributed by atoms with van der Waals surface area (Å²) in [5.41, 5.74) is 3.10. The summed E-state index contributed by atoms with van der Waals surface area (Å²) >= 11 is 0. The van der Waals surface area contributed by atoms with Gasteiger partial charge in [0.25, 0.3) is 0 Å². The zero-order valence-corrected chi connectivity index (χ0v) is 12.3. The molecule has 1 aliphatic heterocycles. The molecule has 4 heteroatoms. The lowest BCUT2D eigenvalue weighted by Crippen LogP contribution is -2.12. The van der Waals surface area contributed by atoms with E-state index in [-0.39, 0.29) is 12.7 Å².